The van der Waals surface area contributed by atoms with Crippen LogP contribution in [0.25, 0.3) is 22.4 Å². The second-order valence-electron chi connectivity index (χ2n) is 8.56. The molecule has 0 radical (unpaired) electrons. The van der Waals surface area contributed by atoms with E-state index in [1.165, 1.54) is 11.8 Å². The van der Waals surface area contributed by atoms with Crippen molar-refractivity contribution in [2.75, 3.05) is 11.9 Å². The fourth-order valence-electron chi connectivity index (χ4n) is 4.19. The summed E-state index contributed by atoms with van der Waals surface area (Å²) in [5, 5.41) is 9.53. The van der Waals surface area contributed by atoms with Crippen molar-refractivity contribution in [1.82, 2.24) is 19.2 Å². The fourth-order valence-corrected chi connectivity index (χ4v) is 5.14. The second kappa shape index (κ2) is 9.03. The first-order valence-electron chi connectivity index (χ1n) is 11.3. The van der Waals surface area contributed by atoms with Gasteiger partial charge in [0.1, 0.15) is 0 Å². The van der Waals surface area contributed by atoms with Gasteiger partial charge in [-0.15, -0.1) is 10.2 Å². The number of nitrogens with zero attached hydrogens (tertiary/aromatic N) is 5. The Kier molecular flexibility index (Phi) is 5.90. The number of rotatable bonds is 5. The molecule has 2 heterocycles. The molecule has 176 valence electrons. The maximum Gasteiger partial charge on any atom is 0.267 e. The van der Waals surface area contributed by atoms with Crippen molar-refractivity contribution >= 4 is 40.0 Å². The zero-order valence-electron chi connectivity index (χ0n) is 20.0. The van der Waals surface area contributed by atoms with Crippen molar-refractivity contribution in [3.05, 3.63) is 94.3 Å². The fraction of sp³-hybridized carbons (Fsp3) is 0.185. The van der Waals surface area contributed by atoms with E-state index in [-0.39, 0.29) is 11.5 Å². The number of para-hydroxylation sites is 2. The molecule has 0 bridgehead atoms. The predicted molar refractivity (Wildman–Crippen MR) is 141 cm³/mol. The second-order valence-corrected chi connectivity index (χ2v) is 9.87. The zero-order valence-corrected chi connectivity index (χ0v) is 20.8. The van der Waals surface area contributed by atoms with E-state index in [1.54, 1.807) is 16.5 Å². The Balaban J connectivity index is 1.65. The molecule has 7 nitrogen and oxygen atoms in total. The summed E-state index contributed by atoms with van der Waals surface area (Å²) in [6, 6.07) is 22.9. The largest absolute Gasteiger partial charge is 0.315 e. The number of anilines is 1. The summed E-state index contributed by atoms with van der Waals surface area (Å²) in [6.45, 7) is 5.82. The zero-order chi connectivity index (χ0) is 24.7. The number of fused-ring (bicyclic) bond motifs is 3. The summed E-state index contributed by atoms with van der Waals surface area (Å²) in [5.74, 6) is 0.367. The number of carbonyl (C=O) groups excluding carboxylic acids is 1. The quantitative estimate of drug-likeness (QED) is 0.336. The number of thioether (sulfide) groups is 1. The number of hydrogen-bond acceptors (Lipinski definition) is 5. The third kappa shape index (κ3) is 4.00. The molecular weight excluding hydrogens is 458 g/mol. The number of amides is 1. The first-order chi connectivity index (χ1) is 16.9. The molecule has 5 rings (SSSR count). The molecule has 0 spiro atoms. The maximum absolute atomic E-state index is 13.6. The van der Waals surface area contributed by atoms with E-state index in [9.17, 15) is 9.59 Å². The van der Waals surface area contributed by atoms with Gasteiger partial charge in [0, 0.05) is 12.7 Å². The number of aryl methyl sites for hydroxylation is 2. The number of carbonyl (C=O) groups is 1. The molecule has 0 aliphatic heterocycles. The highest BCUT2D eigenvalue weighted by Crippen LogP contribution is 2.28. The minimum Gasteiger partial charge on any atom is -0.315 e. The molecule has 35 heavy (non-hydrogen) atoms. The van der Waals surface area contributed by atoms with E-state index in [0.717, 1.165) is 22.5 Å². The van der Waals surface area contributed by atoms with Gasteiger partial charge in [-0.3, -0.25) is 14.0 Å². The molecule has 5 aromatic rings. The van der Waals surface area contributed by atoms with Gasteiger partial charge in [-0.2, -0.15) is 0 Å². The Morgan fingerprint density at radius 3 is 2.46 bits per heavy atom. The van der Waals surface area contributed by atoms with Crippen LogP contribution < -0.4 is 10.5 Å². The van der Waals surface area contributed by atoms with Crippen LogP contribution in [-0.4, -0.2) is 37.4 Å². The van der Waals surface area contributed by atoms with Crippen molar-refractivity contribution in [2.24, 2.45) is 0 Å². The van der Waals surface area contributed by atoms with Gasteiger partial charge in [-0.1, -0.05) is 54.2 Å². The summed E-state index contributed by atoms with van der Waals surface area (Å²) >= 11 is 1.33. The lowest BCUT2D eigenvalue weighted by atomic mass is 10.1. The van der Waals surface area contributed by atoms with Crippen LogP contribution in [0.15, 0.2) is 82.7 Å². The maximum atomic E-state index is 13.6. The first-order valence-corrected chi connectivity index (χ1v) is 12.2. The van der Waals surface area contributed by atoms with E-state index >= 15 is 0 Å². The lowest BCUT2D eigenvalue weighted by Crippen LogP contribution is -2.33. The average molecular weight is 484 g/mol. The van der Waals surface area contributed by atoms with Gasteiger partial charge in [-0.05, 0) is 62.2 Å². The molecule has 0 N–H and O–H groups in total. The van der Waals surface area contributed by atoms with Crippen LogP contribution in [0, 0.1) is 13.8 Å². The highest BCUT2D eigenvalue weighted by molar-refractivity contribution is 8.00. The van der Waals surface area contributed by atoms with E-state index in [1.807, 2.05) is 98.0 Å². The molecule has 0 fully saturated rings. The summed E-state index contributed by atoms with van der Waals surface area (Å²) in [7, 11) is 1.77. The van der Waals surface area contributed by atoms with Crippen molar-refractivity contribution < 1.29 is 4.79 Å². The minimum atomic E-state index is -0.424. The van der Waals surface area contributed by atoms with Crippen LogP contribution in [0.4, 0.5) is 5.69 Å². The van der Waals surface area contributed by atoms with E-state index in [4.69, 9.17) is 0 Å². The molecule has 0 aliphatic rings. The molecule has 3 aromatic carbocycles. The summed E-state index contributed by atoms with van der Waals surface area (Å²) in [5.41, 5.74) is 4.14. The number of benzene rings is 3. The number of aromatic nitrogens is 4. The molecule has 2 aromatic heterocycles. The lowest BCUT2D eigenvalue weighted by Gasteiger charge is -2.21. The van der Waals surface area contributed by atoms with Crippen molar-refractivity contribution in [3.63, 3.8) is 0 Å². The van der Waals surface area contributed by atoms with Crippen LogP contribution in [0.5, 0.6) is 0 Å². The third-order valence-electron chi connectivity index (χ3n) is 6.10. The van der Waals surface area contributed by atoms with Crippen molar-refractivity contribution in [1.29, 1.82) is 0 Å². The summed E-state index contributed by atoms with van der Waals surface area (Å²) in [4.78, 5) is 28.4. The van der Waals surface area contributed by atoms with Gasteiger partial charge in [0.25, 0.3) is 5.56 Å². The van der Waals surface area contributed by atoms with Crippen LogP contribution in [0.1, 0.15) is 18.1 Å². The van der Waals surface area contributed by atoms with Gasteiger partial charge in [0.15, 0.2) is 5.16 Å². The molecule has 1 unspecified atom stereocenters. The highest BCUT2D eigenvalue weighted by atomic mass is 32.2. The molecule has 1 atom stereocenters. The molecule has 0 saturated heterocycles. The Hall–Kier alpha value is -3.91. The monoisotopic (exact) mass is 483 g/mol. The van der Waals surface area contributed by atoms with E-state index < -0.39 is 5.25 Å². The van der Waals surface area contributed by atoms with Crippen LogP contribution >= 0.6 is 11.8 Å². The average Bonchev–Trinajstić information content (AvgIpc) is 3.29. The SMILES string of the molecule is Cc1ccc(C)c(-n2c(=O)c3ccccc3n3c(SC(C)C(=O)N(C)c4ccccc4)nnc23)c1. The topological polar surface area (TPSA) is 72.5 Å². The van der Waals surface area contributed by atoms with Gasteiger partial charge < -0.3 is 4.90 Å². The van der Waals surface area contributed by atoms with Gasteiger partial charge >= 0.3 is 0 Å². The number of hydrogen-bond donors (Lipinski definition) is 0. The van der Waals surface area contributed by atoms with Crippen LogP contribution in [-0.2, 0) is 4.79 Å². The Morgan fingerprint density at radius 1 is 0.971 bits per heavy atom. The van der Waals surface area contributed by atoms with Gasteiger partial charge in [0.05, 0.1) is 21.8 Å². The van der Waals surface area contributed by atoms with Crippen molar-refractivity contribution in [3.8, 4) is 5.69 Å². The Bertz CT molecular complexity index is 1620. The van der Waals surface area contributed by atoms with Crippen LogP contribution in [0.3, 0.4) is 0 Å². The third-order valence-corrected chi connectivity index (χ3v) is 7.13. The van der Waals surface area contributed by atoms with Crippen LogP contribution in [0.2, 0.25) is 0 Å². The lowest BCUT2D eigenvalue weighted by molar-refractivity contribution is -0.117. The molecular formula is C27H25N5O2S. The van der Waals surface area contributed by atoms with E-state index in [2.05, 4.69) is 10.2 Å². The Morgan fingerprint density at radius 2 is 1.69 bits per heavy atom. The Labute approximate surface area is 207 Å². The van der Waals surface area contributed by atoms with Crippen molar-refractivity contribution in [2.45, 2.75) is 31.2 Å². The molecule has 0 saturated carbocycles. The van der Waals surface area contributed by atoms with E-state index in [0.29, 0.717) is 21.8 Å². The minimum absolute atomic E-state index is 0.0508. The summed E-state index contributed by atoms with van der Waals surface area (Å²) < 4.78 is 3.49. The molecule has 8 heteroatoms. The normalized spacial score (nSPS) is 12.2. The first kappa shape index (κ1) is 22.9. The van der Waals surface area contributed by atoms with Gasteiger partial charge in [-0.25, -0.2) is 4.57 Å². The smallest absolute Gasteiger partial charge is 0.267 e. The molecule has 1 amide bonds. The highest BCUT2D eigenvalue weighted by Gasteiger charge is 2.24. The standard InChI is InChI=1S/C27H25N5O2S/c1-17-14-15-18(2)23(16-17)31-25(34)21-12-8-9-13-22(21)32-26(31)28-29-27(32)35-19(3)24(33)30(4)20-10-6-5-7-11-20/h5-16,19H,1-4H3. The summed E-state index contributed by atoms with van der Waals surface area (Å²) in [6.07, 6.45) is 0. The predicted octanol–water partition coefficient (Wildman–Crippen LogP) is 4.79. The molecule has 0 aliphatic carbocycles. The van der Waals surface area contributed by atoms with Gasteiger partial charge in [0.2, 0.25) is 11.7 Å².